The summed E-state index contributed by atoms with van der Waals surface area (Å²) in [5, 5.41) is 6.90. The molecule has 0 radical (unpaired) electrons. The number of hydrogen-bond acceptors (Lipinski definition) is 5. The second kappa shape index (κ2) is 8.66. The number of aromatic nitrogens is 2. The summed E-state index contributed by atoms with van der Waals surface area (Å²) in [5.41, 5.74) is 1.38. The van der Waals surface area contributed by atoms with Crippen LogP contribution in [0.1, 0.15) is 32.8 Å². The lowest BCUT2D eigenvalue weighted by atomic mass is 10.0. The minimum Gasteiger partial charge on any atom is -0.439 e. The van der Waals surface area contributed by atoms with Crippen molar-refractivity contribution in [1.82, 2.24) is 19.6 Å². The number of nitrogens with one attached hydrogen (secondary N) is 1. The summed E-state index contributed by atoms with van der Waals surface area (Å²) < 4.78 is 7.32. The van der Waals surface area contributed by atoms with Gasteiger partial charge in [0, 0.05) is 32.8 Å². The van der Waals surface area contributed by atoms with Gasteiger partial charge in [-0.15, -0.1) is 0 Å². The molecule has 3 aromatic rings. The molecule has 174 valence electrons. The van der Waals surface area contributed by atoms with Crippen molar-refractivity contribution in [1.29, 1.82) is 0 Å². The molecular formula is C25H25N5O4. The fraction of sp³-hybridized carbons (Fsp3) is 0.280. The number of para-hydroxylation sites is 1. The fourth-order valence-corrected chi connectivity index (χ4v) is 4.52. The SMILES string of the molecule is Cn1ccc(C(=O)Nc2ccccc2C(=O)N2CCC3(CN(Cc4ccccc4)C(=O)O3)C2)n1. The fourth-order valence-electron chi connectivity index (χ4n) is 4.52. The Kier molecular flexibility index (Phi) is 5.53. The van der Waals surface area contributed by atoms with E-state index >= 15 is 0 Å². The van der Waals surface area contributed by atoms with Crippen molar-refractivity contribution in [2.75, 3.05) is 25.0 Å². The summed E-state index contributed by atoms with van der Waals surface area (Å²) in [7, 11) is 1.73. The van der Waals surface area contributed by atoms with Crippen molar-refractivity contribution in [3.8, 4) is 0 Å². The number of carbonyl (C=O) groups excluding carboxylic acids is 3. The van der Waals surface area contributed by atoms with E-state index in [1.807, 2.05) is 30.3 Å². The van der Waals surface area contributed by atoms with Gasteiger partial charge in [0.05, 0.1) is 24.3 Å². The molecule has 2 aliphatic rings. The molecule has 3 heterocycles. The standard InChI is InChI=1S/C25H25N5O4/c1-28-13-11-21(27-28)22(31)26-20-10-6-5-9-19(20)23(32)29-14-12-25(16-29)17-30(24(33)34-25)15-18-7-3-2-4-8-18/h2-11,13H,12,14-17H2,1H3,(H,26,31). The molecule has 2 aromatic carbocycles. The summed E-state index contributed by atoms with van der Waals surface area (Å²) >= 11 is 0. The van der Waals surface area contributed by atoms with Gasteiger partial charge in [-0.05, 0) is 23.8 Å². The molecule has 2 saturated heterocycles. The molecule has 3 amide bonds. The van der Waals surface area contributed by atoms with E-state index in [9.17, 15) is 14.4 Å². The lowest BCUT2D eigenvalue weighted by Gasteiger charge is -2.23. The number of aryl methyl sites for hydroxylation is 1. The highest BCUT2D eigenvalue weighted by molar-refractivity contribution is 6.08. The normalized spacial score (nSPS) is 19.5. The first kappa shape index (κ1) is 21.7. The molecule has 1 aromatic heterocycles. The number of nitrogens with zero attached hydrogens (tertiary/aromatic N) is 4. The summed E-state index contributed by atoms with van der Waals surface area (Å²) in [5.74, 6) is -0.605. The number of carbonyl (C=O) groups is 3. The Morgan fingerprint density at radius 2 is 1.82 bits per heavy atom. The van der Waals surface area contributed by atoms with Crippen LogP contribution in [0, 0.1) is 0 Å². The van der Waals surface area contributed by atoms with Crippen molar-refractivity contribution in [2.24, 2.45) is 7.05 Å². The molecule has 9 heteroatoms. The Morgan fingerprint density at radius 3 is 2.59 bits per heavy atom. The Bertz CT molecular complexity index is 1240. The maximum Gasteiger partial charge on any atom is 0.410 e. The van der Waals surface area contributed by atoms with E-state index in [1.165, 1.54) is 0 Å². The molecule has 0 aliphatic carbocycles. The van der Waals surface area contributed by atoms with Crippen LogP contribution in [-0.2, 0) is 18.3 Å². The van der Waals surface area contributed by atoms with Gasteiger partial charge in [-0.25, -0.2) is 4.79 Å². The van der Waals surface area contributed by atoms with Crippen molar-refractivity contribution < 1.29 is 19.1 Å². The number of likely N-dealkylation sites (tertiary alicyclic amines) is 1. The molecule has 2 fully saturated rings. The van der Waals surface area contributed by atoms with Crippen LogP contribution in [0.3, 0.4) is 0 Å². The van der Waals surface area contributed by atoms with Crippen LogP contribution in [0.15, 0.2) is 66.9 Å². The smallest absolute Gasteiger partial charge is 0.410 e. The highest BCUT2D eigenvalue weighted by Crippen LogP contribution is 2.34. The van der Waals surface area contributed by atoms with E-state index in [0.717, 1.165) is 5.56 Å². The van der Waals surface area contributed by atoms with E-state index < -0.39 is 5.60 Å². The lowest BCUT2D eigenvalue weighted by Crippen LogP contribution is -2.39. The van der Waals surface area contributed by atoms with E-state index in [4.69, 9.17) is 4.74 Å². The molecule has 1 N–H and O–H groups in total. The summed E-state index contributed by atoms with van der Waals surface area (Å²) in [6.45, 7) is 1.68. The molecule has 1 atom stereocenters. The molecule has 5 rings (SSSR count). The Balaban J connectivity index is 1.28. The Hall–Kier alpha value is -4.14. The predicted molar refractivity (Wildman–Crippen MR) is 124 cm³/mol. The van der Waals surface area contributed by atoms with Crippen LogP contribution >= 0.6 is 0 Å². The van der Waals surface area contributed by atoms with Gasteiger partial charge in [-0.2, -0.15) is 5.10 Å². The molecule has 0 bridgehead atoms. The third-order valence-corrected chi connectivity index (χ3v) is 6.21. The molecule has 34 heavy (non-hydrogen) atoms. The van der Waals surface area contributed by atoms with Crippen molar-refractivity contribution in [3.63, 3.8) is 0 Å². The third-order valence-electron chi connectivity index (χ3n) is 6.21. The zero-order chi connectivity index (χ0) is 23.7. The topological polar surface area (TPSA) is 96.8 Å². The average molecular weight is 460 g/mol. The third kappa shape index (κ3) is 4.24. The first-order valence-electron chi connectivity index (χ1n) is 11.1. The second-order valence-electron chi connectivity index (χ2n) is 8.74. The molecule has 0 saturated carbocycles. The van der Waals surface area contributed by atoms with Gasteiger partial charge in [0.25, 0.3) is 11.8 Å². The van der Waals surface area contributed by atoms with Crippen molar-refractivity contribution >= 4 is 23.6 Å². The van der Waals surface area contributed by atoms with Crippen LogP contribution < -0.4 is 5.32 Å². The van der Waals surface area contributed by atoms with Crippen LogP contribution in [0.5, 0.6) is 0 Å². The summed E-state index contributed by atoms with van der Waals surface area (Å²) in [6, 6.07) is 18.3. The zero-order valence-electron chi connectivity index (χ0n) is 18.8. The van der Waals surface area contributed by atoms with Crippen LogP contribution in [0.4, 0.5) is 10.5 Å². The zero-order valence-corrected chi connectivity index (χ0v) is 18.8. The summed E-state index contributed by atoms with van der Waals surface area (Å²) in [4.78, 5) is 41.9. The monoisotopic (exact) mass is 459 g/mol. The molecule has 2 aliphatic heterocycles. The lowest BCUT2D eigenvalue weighted by molar-refractivity contribution is 0.0553. The van der Waals surface area contributed by atoms with Gasteiger partial charge >= 0.3 is 6.09 Å². The molecule has 1 unspecified atom stereocenters. The Morgan fingerprint density at radius 1 is 1.06 bits per heavy atom. The summed E-state index contributed by atoms with van der Waals surface area (Å²) in [6.07, 6.45) is 1.89. The number of rotatable bonds is 5. The first-order chi connectivity index (χ1) is 16.4. The van der Waals surface area contributed by atoms with Crippen LogP contribution in [-0.4, -0.2) is 62.7 Å². The van der Waals surface area contributed by atoms with Crippen molar-refractivity contribution in [2.45, 2.75) is 18.6 Å². The highest BCUT2D eigenvalue weighted by Gasteiger charge is 2.50. The molecular weight excluding hydrogens is 434 g/mol. The predicted octanol–water partition coefficient (Wildman–Crippen LogP) is 2.91. The average Bonchev–Trinajstić information content (AvgIpc) is 3.53. The van der Waals surface area contributed by atoms with Gasteiger partial charge in [0.15, 0.2) is 11.3 Å². The van der Waals surface area contributed by atoms with E-state index in [1.54, 1.807) is 58.1 Å². The minimum absolute atomic E-state index is 0.216. The minimum atomic E-state index is -0.715. The van der Waals surface area contributed by atoms with E-state index in [2.05, 4.69) is 10.4 Å². The number of benzene rings is 2. The maximum atomic E-state index is 13.4. The number of amides is 3. The highest BCUT2D eigenvalue weighted by atomic mass is 16.6. The van der Waals surface area contributed by atoms with E-state index in [0.29, 0.717) is 43.9 Å². The van der Waals surface area contributed by atoms with Crippen LogP contribution in [0.25, 0.3) is 0 Å². The van der Waals surface area contributed by atoms with Gasteiger partial charge in [0.1, 0.15) is 0 Å². The van der Waals surface area contributed by atoms with Crippen LogP contribution in [0.2, 0.25) is 0 Å². The largest absolute Gasteiger partial charge is 0.439 e. The van der Waals surface area contributed by atoms with Crippen molar-refractivity contribution in [3.05, 3.63) is 83.7 Å². The first-order valence-corrected chi connectivity index (χ1v) is 11.1. The van der Waals surface area contributed by atoms with E-state index in [-0.39, 0.29) is 23.6 Å². The van der Waals surface area contributed by atoms with Gasteiger partial charge < -0.3 is 15.0 Å². The maximum absolute atomic E-state index is 13.4. The molecule has 1 spiro atoms. The number of anilines is 1. The number of ether oxygens (including phenoxy) is 1. The molecule has 9 nitrogen and oxygen atoms in total. The Labute approximate surface area is 196 Å². The second-order valence-corrected chi connectivity index (χ2v) is 8.74. The van der Waals surface area contributed by atoms with Gasteiger partial charge in [-0.1, -0.05) is 42.5 Å². The quantitative estimate of drug-likeness (QED) is 0.633. The number of hydrogen-bond donors (Lipinski definition) is 1. The van der Waals surface area contributed by atoms with Gasteiger partial charge in [-0.3, -0.25) is 19.2 Å². The van der Waals surface area contributed by atoms with Gasteiger partial charge in [0.2, 0.25) is 0 Å².